The van der Waals surface area contributed by atoms with Gasteiger partial charge in [-0.15, -0.1) is 0 Å². The van der Waals surface area contributed by atoms with Gasteiger partial charge in [0.15, 0.2) is 0 Å². The van der Waals surface area contributed by atoms with Gasteiger partial charge < -0.3 is 10.2 Å². The van der Waals surface area contributed by atoms with Crippen LogP contribution in [-0.4, -0.2) is 25.7 Å². The van der Waals surface area contributed by atoms with Crippen LogP contribution in [0.5, 0.6) is 0 Å². The molecule has 0 amide bonds. The number of hydrogen-bond donors (Lipinski definition) is 1. The molecule has 1 saturated heterocycles. The van der Waals surface area contributed by atoms with Crippen LogP contribution >= 0.6 is 0 Å². The maximum Gasteiger partial charge on any atom is 0.0396 e. The molecule has 1 aliphatic heterocycles. The summed E-state index contributed by atoms with van der Waals surface area (Å²) in [5.41, 5.74) is 2.78. The van der Waals surface area contributed by atoms with Gasteiger partial charge in [-0.3, -0.25) is 0 Å². The lowest BCUT2D eigenvalue weighted by molar-refractivity contribution is 0.584. The lowest BCUT2D eigenvalue weighted by Gasteiger charge is -2.26. The number of rotatable bonds is 1. The van der Waals surface area contributed by atoms with Gasteiger partial charge in [-0.25, -0.2) is 0 Å². The van der Waals surface area contributed by atoms with Crippen molar-refractivity contribution >= 4 is 5.69 Å². The molecule has 0 bridgehead atoms. The Morgan fingerprint density at radius 1 is 1.33 bits per heavy atom. The first kappa shape index (κ1) is 10.5. The van der Waals surface area contributed by atoms with Gasteiger partial charge in [-0.05, 0) is 38.4 Å². The van der Waals surface area contributed by atoms with Gasteiger partial charge in [0.05, 0.1) is 0 Å². The number of nitrogens with zero attached hydrogens (tertiary/aromatic N) is 1. The molecule has 0 saturated carbocycles. The first-order chi connectivity index (χ1) is 7.27. The molecule has 0 spiro atoms. The molecule has 2 nitrogen and oxygen atoms in total. The molecular formula is C13H20N2. The lowest BCUT2D eigenvalue weighted by atomic mass is 10.1. The molecule has 1 fully saturated rings. The zero-order valence-corrected chi connectivity index (χ0v) is 9.66. The second-order valence-electron chi connectivity index (χ2n) is 4.44. The van der Waals surface area contributed by atoms with Crippen LogP contribution in [0.4, 0.5) is 5.69 Å². The number of anilines is 1. The van der Waals surface area contributed by atoms with E-state index in [9.17, 15) is 0 Å². The zero-order valence-electron chi connectivity index (χ0n) is 9.66. The predicted molar refractivity (Wildman–Crippen MR) is 65.5 cm³/mol. The Morgan fingerprint density at radius 2 is 2.13 bits per heavy atom. The minimum absolute atomic E-state index is 0.590. The molecular weight excluding hydrogens is 184 g/mol. The van der Waals surface area contributed by atoms with Gasteiger partial charge in [-0.1, -0.05) is 18.2 Å². The third-order valence-corrected chi connectivity index (χ3v) is 3.05. The van der Waals surface area contributed by atoms with Crippen LogP contribution in [0.1, 0.15) is 18.9 Å². The Hall–Kier alpha value is -1.02. The topological polar surface area (TPSA) is 15.3 Å². The minimum Gasteiger partial charge on any atom is -0.370 e. The summed E-state index contributed by atoms with van der Waals surface area (Å²) >= 11 is 0. The third-order valence-electron chi connectivity index (χ3n) is 3.05. The summed E-state index contributed by atoms with van der Waals surface area (Å²) in [6.45, 7) is 7.88. The Bertz CT molecular complexity index is 322. The number of hydrogen-bond acceptors (Lipinski definition) is 2. The fraction of sp³-hybridized carbons (Fsp3) is 0.538. The van der Waals surface area contributed by atoms with Gasteiger partial charge in [0, 0.05) is 24.8 Å². The van der Waals surface area contributed by atoms with Crippen LogP contribution in [0.2, 0.25) is 0 Å². The molecule has 1 aromatic rings. The monoisotopic (exact) mass is 204 g/mol. The Kier molecular flexibility index (Phi) is 3.27. The first-order valence-electron chi connectivity index (χ1n) is 5.81. The second kappa shape index (κ2) is 4.67. The zero-order chi connectivity index (χ0) is 10.7. The van der Waals surface area contributed by atoms with Crippen LogP contribution in [0.15, 0.2) is 24.3 Å². The van der Waals surface area contributed by atoms with E-state index < -0.39 is 0 Å². The predicted octanol–water partition coefficient (Wildman–Crippen LogP) is 2.18. The smallest absolute Gasteiger partial charge is 0.0396 e. The van der Waals surface area contributed by atoms with Crippen LogP contribution in [0.25, 0.3) is 0 Å². The quantitative estimate of drug-likeness (QED) is 0.754. The average Bonchev–Trinajstić information content (AvgIpc) is 2.43. The van der Waals surface area contributed by atoms with E-state index in [0.29, 0.717) is 6.04 Å². The largest absolute Gasteiger partial charge is 0.370 e. The number of aryl methyl sites for hydroxylation is 1. The maximum atomic E-state index is 3.52. The van der Waals surface area contributed by atoms with Gasteiger partial charge in [0.1, 0.15) is 0 Å². The molecule has 1 unspecified atom stereocenters. The molecule has 82 valence electrons. The molecule has 0 radical (unpaired) electrons. The number of para-hydroxylation sites is 1. The molecule has 0 aromatic heterocycles. The Morgan fingerprint density at radius 3 is 2.93 bits per heavy atom. The number of benzene rings is 1. The molecule has 1 aliphatic rings. The first-order valence-corrected chi connectivity index (χ1v) is 5.81. The van der Waals surface area contributed by atoms with E-state index in [4.69, 9.17) is 0 Å². The summed E-state index contributed by atoms with van der Waals surface area (Å²) < 4.78 is 0. The summed E-state index contributed by atoms with van der Waals surface area (Å²) in [7, 11) is 0. The van der Waals surface area contributed by atoms with Gasteiger partial charge >= 0.3 is 0 Å². The summed E-state index contributed by atoms with van der Waals surface area (Å²) in [5, 5.41) is 3.52. The highest BCUT2D eigenvalue weighted by Crippen LogP contribution is 2.20. The Labute approximate surface area is 92.3 Å². The van der Waals surface area contributed by atoms with Crippen LogP contribution < -0.4 is 10.2 Å². The highest BCUT2D eigenvalue weighted by atomic mass is 15.2. The van der Waals surface area contributed by atoms with Crippen molar-refractivity contribution in [3.63, 3.8) is 0 Å². The van der Waals surface area contributed by atoms with Gasteiger partial charge in [-0.2, -0.15) is 0 Å². The highest BCUT2D eigenvalue weighted by Gasteiger charge is 2.15. The normalized spacial score (nSPS) is 22.5. The SMILES string of the molecule is Cc1ccccc1N1CCCNC(C)C1. The van der Waals surface area contributed by atoms with Crippen molar-refractivity contribution in [2.75, 3.05) is 24.5 Å². The summed E-state index contributed by atoms with van der Waals surface area (Å²) in [5.74, 6) is 0. The molecule has 1 aromatic carbocycles. The van der Waals surface area contributed by atoms with Crippen LogP contribution in [0, 0.1) is 6.92 Å². The second-order valence-corrected chi connectivity index (χ2v) is 4.44. The molecule has 2 heteroatoms. The van der Waals surface area contributed by atoms with E-state index in [2.05, 4.69) is 48.3 Å². The maximum absolute atomic E-state index is 3.52. The van der Waals surface area contributed by atoms with Crippen molar-refractivity contribution in [1.29, 1.82) is 0 Å². The van der Waals surface area contributed by atoms with E-state index in [1.54, 1.807) is 0 Å². The lowest BCUT2D eigenvalue weighted by Crippen LogP contribution is -2.35. The van der Waals surface area contributed by atoms with Crippen molar-refractivity contribution in [3.8, 4) is 0 Å². The fourth-order valence-corrected chi connectivity index (χ4v) is 2.24. The van der Waals surface area contributed by atoms with Crippen molar-refractivity contribution in [1.82, 2.24) is 5.32 Å². The Balaban J connectivity index is 2.18. The van der Waals surface area contributed by atoms with Gasteiger partial charge in [0.25, 0.3) is 0 Å². The minimum atomic E-state index is 0.590. The molecule has 0 aliphatic carbocycles. The number of nitrogens with one attached hydrogen (secondary N) is 1. The van der Waals surface area contributed by atoms with Crippen molar-refractivity contribution < 1.29 is 0 Å². The average molecular weight is 204 g/mol. The van der Waals surface area contributed by atoms with Gasteiger partial charge in [0.2, 0.25) is 0 Å². The van der Waals surface area contributed by atoms with Crippen molar-refractivity contribution in [2.45, 2.75) is 26.3 Å². The van der Waals surface area contributed by atoms with E-state index in [0.717, 1.165) is 13.1 Å². The van der Waals surface area contributed by atoms with Crippen molar-refractivity contribution in [2.24, 2.45) is 0 Å². The molecule has 1 N–H and O–H groups in total. The molecule has 1 heterocycles. The fourth-order valence-electron chi connectivity index (χ4n) is 2.24. The third kappa shape index (κ3) is 2.51. The van der Waals surface area contributed by atoms with E-state index in [1.165, 1.54) is 24.2 Å². The van der Waals surface area contributed by atoms with E-state index in [1.807, 2.05) is 0 Å². The van der Waals surface area contributed by atoms with E-state index in [-0.39, 0.29) is 0 Å². The van der Waals surface area contributed by atoms with Crippen LogP contribution in [0.3, 0.4) is 0 Å². The summed E-state index contributed by atoms with van der Waals surface area (Å²) in [4.78, 5) is 2.50. The molecule has 15 heavy (non-hydrogen) atoms. The summed E-state index contributed by atoms with van der Waals surface area (Å²) in [6.07, 6.45) is 1.23. The van der Waals surface area contributed by atoms with Crippen molar-refractivity contribution in [3.05, 3.63) is 29.8 Å². The summed E-state index contributed by atoms with van der Waals surface area (Å²) in [6, 6.07) is 9.25. The molecule has 1 atom stereocenters. The highest BCUT2D eigenvalue weighted by molar-refractivity contribution is 5.53. The van der Waals surface area contributed by atoms with E-state index >= 15 is 0 Å². The molecule has 2 rings (SSSR count). The standard InChI is InChI=1S/C13H20N2/c1-11-6-3-4-7-13(11)15-9-5-8-14-12(2)10-15/h3-4,6-7,12,14H,5,8-10H2,1-2H3. The van der Waals surface area contributed by atoms with Crippen LogP contribution in [-0.2, 0) is 0 Å².